The van der Waals surface area contributed by atoms with E-state index in [4.69, 9.17) is 4.74 Å². The molecule has 0 radical (unpaired) electrons. The second kappa shape index (κ2) is 15.3. The Morgan fingerprint density at radius 3 is 2.59 bits per heavy atom. The summed E-state index contributed by atoms with van der Waals surface area (Å²) < 4.78 is 7.78. The molecular formula is C22H36IN5O. The van der Waals surface area contributed by atoms with Crippen LogP contribution in [0.25, 0.3) is 0 Å². The predicted octanol–water partition coefficient (Wildman–Crippen LogP) is 3.71. The molecule has 0 amide bonds. The van der Waals surface area contributed by atoms with Crippen molar-refractivity contribution < 1.29 is 4.74 Å². The Kier molecular flexibility index (Phi) is 13.4. The van der Waals surface area contributed by atoms with Gasteiger partial charge in [-0.25, -0.2) is 0 Å². The van der Waals surface area contributed by atoms with Gasteiger partial charge in [0.05, 0.1) is 12.3 Å². The summed E-state index contributed by atoms with van der Waals surface area (Å²) in [4.78, 5) is 4.65. The second-order valence-electron chi connectivity index (χ2n) is 6.89. The van der Waals surface area contributed by atoms with Crippen LogP contribution >= 0.6 is 24.0 Å². The van der Waals surface area contributed by atoms with E-state index in [-0.39, 0.29) is 24.0 Å². The normalized spacial score (nSPS) is 11.2. The van der Waals surface area contributed by atoms with Crippen LogP contribution in [0.15, 0.2) is 41.4 Å². The number of aromatic nitrogens is 2. The van der Waals surface area contributed by atoms with Crippen molar-refractivity contribution in [1.82, 2.24) is 20.4 Å². The van der Waals surface area contributed by atoms with Gasteiger partial charge in [0.15, 0.2) is 5.96 Å². The summed E-state index contributed by atoms with van der Waals surface area (Å²) in [6.07, 6.45) is 2.90. The van der Waals surface area contributed by atoms with Gasteiger partial charge >= 0.3 is 0 Å². The standard InChI is InChI=1S/C22H35N5O.HI/c1-4-23-22(24-13-8-15-27-20(3)18-19(2)26-27)25-14-9-16-28-17-12-21-10-6-5-7-11-21;/h5-7,10-11,18H,4,8-9,12-17H2,1-3H3,(H2,23,24,25);1H. The first-order valence-corrected chi connectivity index (χ1v) is 10.3. The number of ether oxygens (including phenoxy) is 1. The molecule has 0 spiro atoms. The minimum atomic E-state index is 0. The number of nitrogens with zero attached hydrogens (tertiary/aromatic N) is 3. The first-order valence-electron chi connectivity index (χ1n) is 10.3. The van der Waals surface area contributed by atoms with E-state index < -0.39 is 0 Å². The highest BCUT2D eigenvalue weighted by Crippen LogP contribution is 2.02. The number of nitrogens with one attached hydrogen (secondary N) is 2. The van der Waals surface area contributed by atoms with E-state index in [0.29, 0.717) is 0 Å². The summed E-state index contributed by atoms with van der Waals surface area (Å²) >= 11 is 0. The monoisotopic (exact) mass is 513 g/mol. The lowest BCUT2D eigenvalue weighted by molar-refractivity contribution is 0.135. The molecule has 7 heteroatoms. The molecule has 0 atom stereocenters. The smallest absolute Gasteiger partial charge is 0.191 e. The van der Waals surface area contributed by atoms with Crippen LogP contribution < -0.4 is 10.6 Å². The van der Waals surface area contributed by atoms with Crippen molar-refractivity contribution in [3.63, 3.8) is 0 Å². The van der Waals surface area contributed by atoms with Crippen LogP contribution in [0.5, 0.6) is 0 Å². The number of hydrogen-bond acceptors (Lipinski definition) is 3. The topological polar surface area (TPSA) is 63.5 Å². The molecule has 0 aliphatic heterocycles. The van der Waals surface area contributed by atoms with Crippen molar-refractivity contribution in [1.29, 1.82) is 0 Å². The molecule has 6 nitrogen and oxygen atoms in total. The van der Waals surface area contributed by atoms with Crippen LogP contribution in [0, 0.1) is 13.8 Å². The Labute approximate surface area is 192 Å². The third-order valence-electron chi connectivity index (χ3n) is 4.38. The number of aryl methyl sites for hydroxylation is 3. The number of guanidine groups is 1. The molecule has 0 fully saturated rings. The maximum Gasteiger partial charge on any atom is 0.191 e. The van der Waals surface area contributed by atoms with E-state index in [0.717, 1.165) is 70.3 Å². The Morgan fingerprint density at radius 2 is 1.90 bits per heavy atom. The maximum atomic E-state index is 5.73. The molecular weight excluding hydrogens is 477 g/mol. The summed E-state index contributed by atoms with van der Waals surface area (Å²) in [5, 5.41) is 11.2. The van der Waals surface area contributed by atoms with Crippen LogP contribution in [0.4, 0.5) is 0 Å². The van der Waals surface area contributed by atoms with Crippen LogP contribution in [0.2, 0.25) is 0 Å². The first kappa shape index (κ1) is 25.4. The van der Waals surface area contributed by atoms with Crippen LogP contribution in [-0.2, 0) is 17.7 Å². The Morgan fingerprint density at radius 1 is 1.10 bits per heavy atom. The molecule has 1 aromatic carbocycles. The van der Waals surface area contributed by atoms with E-state index in [2.05, 4.69) is 69.6 Å². The molecule has 0 aliphatic carbocycles. The summed E-state index contributed by atoms with van der Waals surface area (Å²) in [6, 6.07) is 12.6. The highest BCUT2D eigenvalue weighted by atomic mass is 127. The molecule has 0 saturated heterocycles. The fourth-order valence-electron chi connectivity index (χ4n) is 2.97. The minimum Gasteiger partial charge on any atom is -0.381 e. The van der Waals surface area contributed by atoms with Gasteiger partial charge in [0.2, 0.25) is 0 Å². The lowest BCUT2D eigenvalue weighted by atomic mass is 10.2. The molecule has 2 N–H and O–H groups in total. The molecule has 0 unspecified atom stereocenters. The Bertz CT molecular complexity index is 702. The molecule has 29 heavy (non-hydrogen) atoms. The van der Waals surface area contributed by atoms with Crippen molar-refractivity contribution in [2.75, 3.05) is 32.8 Å². The zero-order valence-corrected chi connectivity index (χ0v) is 20.3. The molecule has 0 aliphatic rings. The number of aliphatic imine (C=N–C) groups is 1. The largest absolute Gasteiger partial charge is 0.381 e. The molecule has 0 saturated carbocycles. The Balaban J connectivity index is 0.00000420. The molecule has 2 rings (SSSR count). The van der Waals surface area contributed by atoms with Crippen molar-refractivity contribution in [3.8, 4) is 0 Å². The van der Waals surface area contributed by atoms with Gasteiger partial charge < -0.3 is 15.4 Å². The van der Waals surface area contributed by atoms with Crippen LogP contribution in [0.1, 0.15) is 36.7 Å². The zero-order valence-electron chi connectivity index (χ0n) is 18.0. The first-order chi connectivity index (χ1) is 13.7. The Hall–Kier alpha value is -1.61. The molecule has 2 aromatic rings. The van der Waals surface area contributed by atoms with E-state index in [1.807, 2.05) is 13.0 Å². The average molecular weight is 513 g/mol. The van der Waals surface area contributed by atoms with Crippen molar-refractivity contribution in [2.45, 2.75) is 46.6 Å². The van der Waals surface area contributed by atoms with Gasteiger partial charge in [-0.3, -0.25) is 9.67 Å². The maximum absolute atomic E-state index is 5.73. The second-order valence-corrected chi connectivity index (χ2v) is 6.89. The third kappa shape index (κ3) is 10.7. The molecule has 1 heterocycles. The number of rotatable bonds is 12. The summed E-state index contributed by atoms with van der Waals surface area (Å²) in [5.41, 5.74) is 3.60. The van der Waals surface area contributed by atoms with Crippen molar-refractivity contribution in [3.05, 3.63) is 53.3 Å². The number of halogens is 1. The fourth-order valence-corrected chi connectivity index (χ4v) is 2.97. The van der Waals surface area contributed by atoms with Gasteiger partial charge in [0.1, 0.15) is 0 Å². The lowest BCUT2D eigenvalue weighted by Gasteiger charge is -2.11. The summed E-state index contributed by atoms with van der Waals surface area (Å²) in [5.74, 6) is 0.875. The summed E-state index contributed by atoms with van der Waals surface area (Å²) in [6.45, 7) is 11.1. The van der Waals surface area contributed by atoms with Gasteiger partial charge in [-0.15, -0.1) is 24.0 Å². The van der Waals surface area contributed by atoms with E-state index in [1.54, 1.807) is 0 Å². The average Bonchev–Trinajstić information content (AvgIpc) is 3.02. The van der Waals surface area contributed by atoms with Crippen molar-refractivity contribution >= 4 is 29.9 Å². The van der Waals surface area contributed by atoms with E-state index >= 15 is 0 Å². The predicted molar refractivity (Wildman–Crippen MR) is 131 cm³/mol. The van der Waals surface area contributed by atoms with Gasteiger partial charge in [0.25, 0.3) is 0 Å². The minimum absolute atomic E-state index is 0. The quantitative estimate of drug-likeness (QED) is 0.197. The highest BCUT2D eigenvalue weighted by Gasteiger charge is 2.01. The van der Waals surface area contributed by atoms with Crippen molar-refractivity contribution in [2.24, 2.45) is 4.99 Å². The summed E-state index contributed by atoms with van der Waals surface area (Å²) in [7, 11) is 0. The third-order valence-corrected chi connectivity index (χ3v) is 4.38. The molecule has 0 bridgehead atoms. The molecule has 162 valence electrons. The lowest BCUT2D eigenvalue weighted by Crippen LogP contribution is -2.38. The van der Waals surface area contributed by atoms with Gasteiger partial charge in [0, 0.05) is 38.5 Å². The fraction of sp³-hybridized carbons (Fsp3) is 0.545. The number of hydrogen-bond donors (Lipinski definition) is 2. The van der Waals surface area contributed by atoms with Gasteiger partial charge in [-0.05, 0) is 51.7 Å². The highest BCUT2D eigenvalue weighted by molar-refractivity contribution is 14.0. The zero-order chi connectivity index (χ0) is 20.0. The van der Waals surface area contributed by atoms with Crippen LogP contribution in [-0.4, -0.2) is 48.6 Å². The molecule has 1 aromatic heterocycles. The SMILES string of the molecule is CCNC(=NCCCn1nc(C)cc1C)NCCCOCCc1ccccc1.I. The van der Waals surface area contributed by atoms with E-state index in [9.17, 15) is 0 Å². The van der Waals surface area contributed by atoms with Gasteiger partial charge in [-0.1, -0.05) is 30.3 Å². The van der Waals surface area contributed by atoms with E-state index in [1.165, 1.54) is 11.3 Å². The van der Waals surface area contributed by atoms with Gasteiger partial charge in [-0.2, -0.15) is 5.10 Å². The number of benzene rings is 1. The van der Waals surface area contributed by atoms with Crippen LogP contribution in [0.3, 0.4) is 0 Å².